The van der Waals surface area contributed by atoms with Crippen molar-refractivity contribution >= 4 is 5.91 Å². The van der Waals surface area contributed by atoms with Gasteiger partial charge in [0.15, 0.2) is 0 Å². The Labute approximate surface area is 96.1 Å². The van der Waals surface area contributed by atoms with Gasteiger partial charge in [0, 0.05) is 6.54 Å². The third-order valence-corrected chi connectivity index (χ3v) is 2.51. The van der Waals surface area contributed by atoms with Crippen molar-refractivity contribution in [3.05, 3.63) is 35.9 Å². The summed E-state index contributed by atoms with van der Waals surface area (Å²) in [7, 11) is 0. The van der Waals surface area contributed by atoms with E-state index in [0.29, 0.717) is 12.5 Å². The van der Waals surface area contributed by atoms with Crippen LogP contribution in [0, 0.1) is 11.3 Å². The van der Waals surface area contributed by atoms with Gasteiger partial charge in [0.05, 0.1) is 6.07 Å². The summed E-state index contributed by atoms with van der Waals surface area (Å²) < 4.78 is 0. The van der Waals surface area contributed by atoms with Gasteiger partial charge in [0.1, 0.15) is 6.42 Å². The van der Waals surface area contributed by atoms with E-state index >= 15 is 0 Å². The molecule has 0 bridgehead atoms. The van der Waals surface area contributed by atoms with Gasteiger partial charge in [-0.25, -0.2) is 0 Å². The highest BCUT2D eigenvalue weighted by molar-refractivity contribution is 5.77. The normalized spacial score (nSPS) is 11.5. The molecule has 0 fully saturated rings. The Kier molecular flexibility index (Phi) is 5.07. The van der Waals surface area contributed by atoms with Crippen LogP contribution in [0.4, 0.5) is 0 Å². The first-order chi connectivity index (χ1) is 7.74. The fourth-order valence-electron chi connectivity index (χ4n) is 1.51. The van der Waals surface area contributed by atoms with E-state index in [9.17, 15) is 4.79 Å². The highest BCUT2D eigenvalue weighted by atomic mass is 16.1. The largest absolute Gasteiger partial charge is 0.355 e. The Morgan fingerprint density at radius 2 is 2.12 bits per heavy atom. The van der Waals surface area contributed by atoms with E-state index in [1.807, 2.05) is 24.3 Å². The molecular formula is C13H16N2O. The molecule has 1 unspecified atom stereocenters. The Bertz CT molecular complexity index is 367. The third kappa shape index (κ3) is 4.14. The molecule has 84 valence electrons. The van der Waals surface area contributed by atoms with Gasteiger partial charge in [0.2, 0.25) is 5.91 Å². The minimum absolute atomic E-state index is 0.0558. The van der Waals surface area contributed by atoms with Gasteiger partial charge < -0.3 is 5.32 Å². The number of hydrogen-bond acceptors (Lipinski definition) is 2. The van der Waals surface area contributed by atoms with E-state index in [2.05, 4.69) is 24.4 Å². The molecule has 1 rings (SSSR count). The molecule has 0 aliphatic carbocycles. The SMILES string of the molecule is CC(CCNC(=O)CC#N)c1ccccc1. The van der Waals surface area contributed by atoms with Crippen LogP contribution in [-0.4, -0.2) is 12.5 Å². The second-order valence-electron chi connectivity index (χ2n) is 3.79. The van der Waals surface area contributed by atoms with Crippen LogP contribution in [0.2, 0.25) is 0 Å². The molecule has 1 aromatic carbocycles. The molecule has 0 aliphatic rings. The average molecular weight is 216 g/mol. The summed E-state index contributed by atoms with van der Waals surface area (Å²) in [5.41, 5.74) is 1.28. The fourth-order valence-corrected chi connectivity index (χ4v) is 1.51. The van der Waals surface area contributed by atoms with Gasteiger partial charge in [-0.2, -0.15) is 5.26 Å². The number of amides is 1. The zero-order valence-corrected chi connectivity index (χ0v) is 9.44. The maximum absolute atomic E-state index is 11.0. The molecule has 0 radical (unpaired) electrons. The molecule has 1 aromatic rings. The summed E-state index contributed by atoms with van der Waals surface area (Å²) in [5.74, 6) is 0.228. The van der Waals surface area contributed by atoms with E-state index in [1.165, 1.54) is 5.56 Å². The van der Waals surface area contributed by atoms with Crippen molar-refractivity contribution in [1.82, 2.24) is 5.32 Å². The van der Waals surface area contributed by atoms with Crippen LogP contribution in [0.3, 0.4) is 0 Å². The molecule has 0 saturated carbocycles. The van der Waals surface area contributed by atoms with Crippen molar-refractivity contribution in [1.29, 1.82) is 5.26 Å². The fraction of sp³-hybridized carbons (Fsp3) is 0.385. The zero-order valence-electron chi connectivity index (χ0n) is 9.44. The Hall–Kier alpha value is -1.82. The molecule has 3 nitrogen and oxygen atoms in total. The number of nitrogens with zero attached hydrogens (tertiary/aromatic N) is 1. The molecule has 0 spiro atoms. The van der Waals surface area contributed by atoms with Crippen LogP contribution < -0.4 is 5.32 Å². The molecule has 1 amide bonds. The number of hydrogen-bond donors (Lipinski definition) is 1. The first-order valence-corrected chi connectivity index (χ1v) is 5.42. The lowest BCUT2D eigenvalue weighted by molar-refractivity contribution is -0.120. The number of carbonyl (C=O) groups is 1. The van der Waals surface area contributed by atoms with Gasteiger partial charge in [-0.3, -0.25) is 4.79 Å². The van der Waals surface area contributed by atoms with Crippen molar-refractivity contribution in [2.75, 3.05) is 6.54 Å². The number of nitrogens with one attached hydrogen (secondary N) is 1. The van der Waals surface area contributed by atoms with Crippen molar-refractivity contribution in [3.63, 3.8) is 0 Å². The van der Waals surface area contributed by atoms with Crippen LogP contribution in [0.25, 0.3) is 0 Å². The Balaban J connectivity index is 2.29. The lowest BCUT2D eigenvalue weighted by atomic mass is 9.98. The van der Waals surface area contributed by atoms with Gasteiger partial charge in [-0.05, 0) is 17.9 Å². The van der Waals surface area contributed by atoms with E-state index in [-0.39, 0.29) is 12.3 Å². The zero-order chi connectivity index (χ0) is 11.8. The van der Waals surface area contributed by atoms with Crippen LogP contribution in [0.5, 0.6) is 0 Å². The molecule has 16 heavy (non-hydrogen) atoms. The van der Waals surface area contributed by atoms with Gasteiger partial charge in [-0.1, -0.05) is 37.3 Å². The van der Waals surface area contributed by atoms with E-state index < -0.39 is 0 Å². The van der Waals surface area contributed by atoms with Crippen LogP contribution in [0.1, 0.15) is 31.2 Å². The lowest BCUT2D eigenvalue weighted by Crippen LogP contribution is -2.24. The molecule has 0 saturated heterocycles. The standard InChI is InChI=1S/C13H16N2O/c1-11(12-5-3-2-4-6-12)8-10-15-13(16)7-9-14/h2-6,11H,7-8,10H2,1H3,(H,15,16). The minimum atomic E-state index is -0.192. The maximum Gasteiger partial charge on any atom is 0.234 e. The first-order valence-electron chi connectivity index (χ1n) is 5.42. The van der Waals surface area contributed by atoms with Crippen molar-refractivity contribution < 1.29 is 4.79 Å². The Morgan fingerprint density at radius 1 is 1.44 bits per heavy atom. The summed E-state index contributed by atoms with van der Waals surface area (Å²) in [4.78, 5) is 11.0. The van der Waals surface area contributed by atoms with E-state index in [0.717, 1.165) is 6.42 Å². The van der Waals surface area contributed by atoms with Crippen molar-refractivity contribution in [2.45, 2.75) is 25.7 Å². The average Bonchev–Trinajstić information content (AvgIpc) is 2.30. The summed E-state index contributed by atoms with van der Waals surface area (Å²) in [5, 5.41) is 11.0. The summed E-state index contributed by atoms with van der Waals surface area (Å²) in [6.07, 6.45) is 0.834. The van der Waals surface area contributed by atoms with Crippen LogP contribution in [0.15, 0.2) is 30.3 Å². The van der Waals surface area contributed by atoms with Crippen LogP contribution in [-0.2, 0) is 4.79 Å². The predicted molar refractivity (Wildman–Crippen MR) is 62.7 cm³/mol. The molecule has 0 heterocycles. The highest BCUT2D eigenvalue weighted by Crippen LogP contribution is 2.17. The monoisotopic (exact) mass is 216 g/mol. The molecule has 3 heteroatoms. The van der Waals surface area contributed by atoms with Crippen molar-refractivity contribution in [2.24, 2.45) is 0 Å². The van der Waals surface area contributed by atoms with Gasteiger partial charge in [0.25, 0.3) is 0 Å². The molecule has 0 aliphatic heterocycles. The Morgan fingerprint density at radius 3 is 2.75 bits per heavy atom. The summed E-state index contributed by atoms with van der Waals surface area (Å²) in [6, 6.07) is 12.0. The molecule has 0 aromatic heterocycles. The number of carbonyl (C=O) groups excluding carboxylic acids is 1. The second-order valence-corrected chi connectivity index (χ2v) is 3.79. The highest BCUT2D eigenvalue weighted by Gasteiger charge is 2.05. The number of nitriles is 1. The maximum atomic E-state index is 11.0. The minimum Gasteiger partial charge on any atom is -0.355 e. The van der Waals surface area contributed by atoms with E-state index in [4.69, 9.17) is 5.26 Å². The first kappa shape index (κ1) is 12.3. The van der Waals surface area contributed by atoms with Gasteiger partial charge >= 0.3 is 0 Å². The number of benzene rings is 1. The molecular weight excluding hydrogens is 200 g/mol. The summed E-state index contributed by atoms with van der Waals surface area (Å²) >= 11 is 0. The molecule has 1 atom stereocenters. The summed E-state index contributed by atoms with van der Waals surface area (Å²) in [6.45, 7) is 2.75. The quantitative estimate of drug-likeness (QED) is 0.820. The predicted octanol–water partition coefficient (Wildman–Crippen LogP) is 2.21. The van der Waals surface area contributed by atoms with Crippen LogP contribution >= 0.6 is 0 Å². The van der Waals surface area contributed by atoms with E-state index in [1.54, 1.807) is 0 Å². The topological polar surface area (TPSA) is 52.9 Å². The lowest BCUT2D eigenvalue weighted by Gasteiger charge is -2.11. The second kappa shape index (κ2) is 6.62. The molecule has 1 N–H and O–H groups in total. The smallest absolute Gasteiger partial charge is 0.234 e. The van der Waals surface area contributed by atoms with Crippen molar-refractivity contribution in [3.8, 4) is 6.07 Å². The third-order valence-electron chi connectivity index (χ3n) is 2.51. The van der Waals surface area contributed by atoms with Gasteiger partial charge in [-0.15, -0.1) is 0 Å². The number of rotatable bonds is 5.